The molecule has 20 heavy (non-hydrogen) atoms. The van der Waals surface area contributed by atoms with Crippen molar-refractivity contribution in [3.63, 3.8) is 0 Å². The van der Waals surface area contributed by atoms with E-state index in [0.29, 0.717) is 32.7 Å². The predicted octanol–water partition coefficient (Wildman–Crippen LogP) is 1.23. The van der Waals surface area contributed by atoms with E-state index in [0.717, 1.165) is 12.8 Å². The Hall–Kier alpha value is -1.14. The van der Waals surface area contributed by atoms with Crippen LogP contribution in [0.3, 0.4) is 0 Å². The van der Waals surface area contributed by atoms with Crippen LogP contribution in [0.25, 0.3) is 0 Å². The highest BCUT2D eigenvalue weighted by Gasteiger charge is 2.45. The van der Waals surface area contributed by atoms with Crippen LogP contribution < -0.4 is 0 Å². The van der Waals surface area contributed by atoms with Gasteiger partial charge in [-0.15, -0.1) is 0 Å². The molecule has 114 valence electrons. The van der Waals surface area contributed by atoms with Crippen LogP contribution in [0, 0.1) is 11.8 Å². The van der Waals surface area contributed by atoms with E-state index in [1.54, 1.807) is 6.92 Å². The summed E-state index contributed by atoms with van der Waals surface area (Å²) in [6.45, 7) is 3.63. The second kappa shape index (κ2) is 6.54. The van der Waals surface area contributed by atoms with Gasteiger partial charge in [-0.2, -0.15) is 0 Å². The molecule has 6 nitrogen and oxygen atoms in total. The maximum atomic E-state index is 11.9. The molecule has 0 saturated carbocycles. The minimum absolute atomic E-state index is 0.199. The lowest BCUT2D eigenvalue weighted by Gasteiger charge is -2.44. The molecule has 2 saturated heterocycles. The fourth-order valence-corrected chi connectivity index (χ4v) is 3.17. The Kier molecular flexibility index (Phi) is 4.99. The summed E-state index contributed by atoms with van der Waals surface area (Å²) in [5.74, 6) is -3.04. The Morgan fingerprint density at radius 3 is 2.65 bits per heavy atom. The number of esters is 1. The number of carboxylic acid groups (broad SMARTS) is 1. The lowest BCUT2D eigenvalue weighted by Crippen LogP contribution is -2.48. The van der Waals surface area contributed by atoms with Gasteiger partial charge in [0.15, 0.2) is 5.92 Å². The molecule has 0 amide bonds. The fraction of sp³-hybridized carbons (Fsp3) is 0.857. The first-order chi connectivity index (χ1) is 9.58. The summed E-state index contributed by atoms with van der Waals surface area (Å²) in [6, 6.07) is 0. The molecule has 0 aliphatic carbocycles. The Bertz CT molecular complexity index is 355. The summed E-state index contributed by atoms with van der Waals surface area (Å²) in [7, 11) is 0. The topological polar surface area (TPSA) is 82.1 Å². The third kappa shape index (κ3) is 3.30. The SMILES string of the molecule is CCOC(=O)C(C(=O)O)C1CCOC2(CCOCC2)C1. The Balaban J connectivity index is 2.08. The molecule has 2 heterocycles. The molecule has 0 aromatic heterocycles. The van der Waals surface area contributed by atoms with Crippen molar-refractivity contribution in [1.29, 1.82) is 0 Å². The van der Waals surface area contributed by atoms with Crippen molar-refractivity contribution >= 4 is 11.9 Å². The summed E-state index contributed by atoms with van der Waals surface area (Å²) in [5, 5.41) is 9.34. The number of hydrogen-bond donors (Lipinski definition) is 1. The van der Waals surface area contributed by atoms with Gasteiger partial charge in [0, 0.05) is 19.8 Å². The zero-order valence-corrected chi connectivity index (χ0v) is 11.8. The molecule has 0 radical (unpaired) electrons. The van der Waals surface area contributed by atoms with Gasteiger partial charge in [0.2, 0.25) is 0 Å². The molecule has 2 aliphatic heterocycles. The fourth-order valence-electron chi connectivity index (χ4n) is 3.17. The number of carbonyl (C=O) groups is 2. The van der Waals surface area contributed by atoms with Gasteiger partial charge in [-0.3, -0.25) is 9.59 Å². The maximum Gasteiger partial charge on any atom is 0.320 e. The van der Waals surface area contributed by atoms with Gasteiger partial charge in [0.1, 0.15) is 0 Å². The number of carbonyl (C=O) groups excluding carboxylic acids is 1. The molecule has 2 rings (SSSR count). The number of hydrogen-bond acceptors (Lipinski definition) is 5. The lowest BCUT2D eigenvalue weighted by molar-refractivity contribution is -0.175. The average Bonchev–Trinajstić information content (AvgIpc) is 2.39. The van der Waals surface area contributed by atoms with Crippen molar-refractivity contribution in [2.75, 3.05) is 26.4 Å². The minimum atomic E-state index is -1.10. The summed E-state index contributed by atoms with van der Waals surface area (Å²) in [6.07, 6.45) is 2.70. The van der Waals surface area contributed by atoms with Gasteiger partial charge < -0.3 is 19.3 Å². The summed E-state index contributed by atoms with van der Waals surface area (Å²) in [4.78, 5) is 23.3. The molecule has 2 unspecified atom stereocenters. The molecule has 0 bridgehead atoms. The second-order valence-electron chi connectivity index (χ2n) is 5.46. The first-order valence-corrected chi connectivity index (χ1v) is 7.19. The molecule has 2 fully saturated rings. The zero-order valence-electron chi connectivity index (χ0n) is 11.8. The molecular formula is C14H22O6. The van der Waals surface area contributed by atoms with E-state index < -0.39 is 17.9 Å². The van der Waals surface area contributed by atoms with E-state index in [1.807, 2.05) is 0 Å². The van der Waals surface area contributed by atoms with Crippen molar-refractivity contribution in [3.8, 4) is 0 Å². The van der Waals surface area contributed by atoms with Crippen LogP contribution in [0.4, 0.5) is 0 Å². The van der Waals surface area contributed by atoms with Gasteiger partial charge in [-0.25, -0.2) is 0 Å². The van der Waals surface area contributed by atoms with Crippen LogP contribution in [0.15, 0.2) is 0 Å². The second-order valence-corrected chi connectivity index (χ2v) is 5.46. The van der Waals surface area contributed by atoms with Crippen molar-refractivity contribution in [1.82, 2.24) is 0 Å². The predicted molar refractivity (Wildman–Crippen MR) is 69.2 cm³/mol. The highest BCUT2D eigenvalue weighted by molar-refractivity contribution is 5.94. The molecule has 0 aromatic rings. The summed E-state index contributed by atoms with van der Waals surface area (Å²) >= 11 is 0. The van der Waals surface area contributed by atoms with Gasteiger partial charge in [-0.05, 0) is 38.5 Å². The normalized spacial score (nSPS) is 26.9. The average molecular weight is 286 g/mol. The van der Waals surface area contributed by atoms with Crippen molar-refractivity contribution in [2.24, 2.45) is 11.8 Å². The van der Waals surface area contributed by atoms with Gasteiger partial charge in [0.25, 0.3) is 0 Å². The third-order valence-electron chi connectivity index (χ3n) is 4.21. The quantitative estimate of drug-likeness (QED) is 0.618. The Morgan fingerprint density at radius 2 is 2.05 bits per heavy atom. The summed E-state index contributed by atoms with van der Waals surface area (Å²) in [5.41, 5.74) is -0.318. The minimum Gasteiger partial charge on any atom is -0.481 e. The molecule has 2 atom stereocenters. The lowest BCUT2D eigenvalue weighted by atomic mass is 9.75. The standard InChI is InChI=1S/C14H22O6/c1-2-19-13(17)11(12(15)16)10-3-6-20-14(9-10)4-7-18-8-5-14/h10-11H,2-9H2,1H3,(H,15,16). The number of carboxylic acids is 1. The molecule has 2 aliphatic rings. The highest BCUT2D eigenvalue weighted by atomic mass is 16.5. The summed E-state index contributed by atoms with van der Waals surface area (Å²) < 4.78 is 16.1. The van der Waals surface area contributed by atoms with Gasteiger partial charge in [0.05, 0.1) is 12.2 Å². The Labute approximate surface area is 118 Å². The highest BCUT2D eigenvalue weighted by Crippen LogP contribution is 2.40. The van der Waals surface area contributed by atoms with Gasteiger partial charge >= 0.3 is 11.9 Å². The first kappa shape index (κ1) is 15.3. The van der Waals surface area contributed by atoms with Gasteiger partial charge in [-0.1, -0.05) is 0 Å². The molecule has 1 N–H and O–H groups in total. The van der Waals surface area contributed by atoms with E-state index in [2.05, 4.69) is 0 Å². The van der Waals surface area contributed by atoms with E-state index in [-0.39, 0.29) is 18.1 Å². The molecular weight excluding hydrogens is 264 g/mol. The monoisotopic (exact) mass is 286 g/mol. The third-order valence-corrected chi connectivity index (χ3v) is 4.21. The number of aliphatic carboxylic acids is 1. The van der Waals surface area contributed by atoms with Crippen LogP contribution in [-0.2, 0) is 23.8 Å². The van der Waals surface area contributed by atoms with E-state index >= 15 is 0 Å². The van der Waals surface area contributed by atoms with Crippen molar-refractivity contribution in [2.45, 2.75) is 38.2 Å². The molecule has 0 aromatic carbocycles. The first-order valence-electron chi connectivity index (χ1n) is 7.19. The molecule has 6 heteroatoms. The largest absolute Gasteiger partial charge is 0.481 e. The van der Waals surface area contributed by atoms with E-state index in [4.69, 9.17) is 14.2 Å². The van der Waals surface area contributed by atoms with E-state index in [1.165, 1.54) is 0 Å². The zero-order chi connectivity index (χ0) is 14.6. The van der Waals surface area contributed by atoms with E-state index in [9.17, 15) is 14.7 Å². The number of rotatable bonds is 4. The molecule has 1 spiro atoms. The van der Waals surface area contributed by atoms with Crippen LogP contribution in [0.1, 0.15) is 32.6 Å². The van der Waals surface area contributed by atoms with Crippen molar-refractivity contribution in [3.05, 3.63) is 0 Å². The smallest absolute Gasteiger partial charge is 0.320 e. The van der Waals surface area contributed by atoms with Crippen LogP contribution in [0.2, 0.25) is 0 Å². The van der Waals surface area contributed by atoms with Crippen LogP contribution in [0.5, 0.6) is 0 Å². The Morgan fingerprint density at radius 1 is 1.35 bits per heavy atom. The maximum absolute atomic E-state index is 11.9. The van der Waals surface area contributed by atoms with Crippen LogP contribution >= 0.6 is 0 Å². The van der Waals surface area contributed by atoms with Crippen molar-refractivity contribution < 1.29 is 28.9 Å². The number of ether oxygens (including phenoxy) is 3. The van der Waals surface area contributed by atoms with Crippen LogP contribution in [-0.4, -0.2) is 49.1 Å².